The summed E-state index contributed by atoms with van der Waals surface area (Å²) in [5.74, 6) is 0.407. The van der Waals surface area contributed by atoms with Crippen LogP contribution in [0.5, 0.6) is 0 Å². The van der Waals surface area contributed by atoms with Crippen LogP contribution in [0, 0.1) is 11.3 Å². The van der Waals surface area contributed by atoms with Crippen LogP contribution in [-0.4, -0.2) is 21.1 Å². The Labute approximate surface area is 146 Å². The second-order valence-electron chi connectivity index (χ2n) is 4.64. The molecule has 0 aliphatic heterocycles. The number of carbonyl (C=O) groups excluding carboxylic acids is 1. The highest BCUT2D eigenvalue weighted by molar-refractivity contribution is 8.00. The van der Waals surface area contributed by atoms with E-state index in [2.05, 4.69) is 26.6 Å². The maximum atomic E-state index is 12.0. The van der Waals surface area contributed by atoms with Crippen molar-refractivity contribution in [1.29, 1.82) is 5.26 Å². The molecule has 0 radical (unpaired) electrons. The number of amides is 1. The molecule has 0 aliphatic rings. The number of pyridine rings is 1. The lowest BCUT2D eigenvalue weighted by Gasteiger charge is -1.99. The minimum absolute atomic E-state index is 0.310. The number of benzene rings is 1. The van der Waals surface area contributed by atoms with Crippen molar-refractivity contribution in [3.05, 3.63) is 65.5 Å². The Kier molecular flexibility index (Phi) is 5.15. The van der Waals surface area contributed by atoms with Gasteiger partial charge in [-0.15, -0.1) is 10.2 Å². The molecule has 2 heterocycles. The van der Waals surface area contributed by atoms with Gasteiger partial charge in [0.25, 0.3) is 5.91 Å². The molecular weight excluding hydrogens is 342 g/mol. The number of thioether (sulfide) groups is 1. The second-order valence-corrected chi connectivity index (χ2v) is 6.84. The van der Waals surface area contributed by atoms with Crippen LogP contribution in [0.3, 0.4) is 0 Å². The monoisotopic (exact) mass is 353 g/mol. The molecule has 1 N–H and O–H groups in total. The molecule has 0 aliphatic carbocycles. The Morgan fingerprint density at radius 1 is 1.21 bits per heavy atom. The largest absolute Gasteiger partial charge is 0.295 e. The van der Waals surface area contributed by atoms with Crippen molar-refractivity contribution in [2.24, 2.45) is 0 Å². The summed E-state index contributed by atoms with van der Waals surface area (Å²) in [5.41, 5.74) is 2.06. The van der Waals surface area contributed by atoms with Gasteiger partial charge >= 0.3 is 0 Å². The van der Waals surface area contributed by atoms with Gasteiger partial charge in [0.1, 0.15) is 5.69 Å². The molecule has 3 aromatic rings. The SMILES string of the molecule is N#Cc1ccc(CSc2nnc(NC(=O)c3ccccn3)s2)cc1. The third kappa shape index (κ3) is 4.16. The predicted octanol–water partition coefficient (Wildman–Crippen LogP) is 3.35. The predicted molar refractivity (Wildman–Crippen MR) is 92.8 cm³/mol. The summed E-state index contributed by atoms with van der Waals surface area (Å²) < 4.78 is 0.760. The molecule has 1 amide bonds. The van der Waals surface area contributed by atoms with E-state index < -0.39 is 0 Å². The van der Waals surface area contributed by atoms with E-state index in [4.69, 9.17) is 5.26 Å². The average Bonchev–Trinajstić information content (AvgIpc) is 3.08. The van der Waals surface area contributed by atoms with E-state index in [0.29, 0.717) is 22.1 Å². The van der Waals surface area contributed by atoms with Crippen LogP contribution in [0.1, 0.15) is 21.6 Å². The number of hydrogen-bond acceptors (Lipinski definition) is 7. The van der Waals surface area contributed by atoms with Gasteiger partial charge in [-0.3, -0.25) is 15.1 Å². The number of carbonyl (C=O) groups is 1. The summed E-state index contributed by atoms with van der Waals surface area (Å²) >= 11 is 2.84. The molecule has 3 rings (SSSR count). The Morgan fingerprint density at radius 3 is 2.75 bits per heavy atom. The summed E-state index contributed by atoms with van der Waals surface area (Å²) in [6.07, 6.45) is 1.56. The second kappa shape index (κ2) is 7.68. The van der Waals surface area contributed by atoms with Crippen molar-refractivity contribution < 1.29 is 4.79 Å². The highest BCUT2D eigenvalue weighted by Crippen LogP contribution is 2.28. The number of anilines is 1. The van der Waals surface area contributed by atoms with E-state index in [0.717, 1.165) is 9.90 Å². The van der Waals surface area contributed by atoms with Crippen molar-refractivity contribution in [3.8, 4) is 6.07 Å². The van der Waals surface area contributed by atoms with Gasteiger partial charge in [0.15, 0.2) is 4.34 Å². The van der Waals surface area contributed by atoms with E-state index in [9.17, 15) is 4.79 Å². The van der Waals surface area contributed by atoms with Gasteiger partial charge in [-0.1, -0.05) is 41.3 Å². The highest BCUT2D eigenvalue weighted by Gasteiger charge is 2.11. The van der Waals surface area contributed by atoms with Crippen LogP contribution in [-0.2, 0) is 5.75 Å². The molecule has 0 spiro atoms. The van der Waals surface area contributed by atoms with E-state index >= 15 is 0 Å². The molecule has 0 bridgehead atoms. The van der Waals surface area contributed by atoms with Gasteiger partial charge in [-0.25, -0.2) is 0 Å². The van der Waals surface area contributed by atoms with E-state index in [1.165, 1.54) is 23.1 Å². The number of nitrogens with one attached hydrogen (secondary N) is 1. The van der Waals surface area contributed by atoms with Gasteiger partial charge in [-0.2, -0.15) is 5.26 Å². The Hall–Kier alpha value is -2.76. The number of hydrogen-bond donors (Lipinski definition) is 1. The maximum Gasteiger partial charge on any atom is 0.276 e. The number of nitriles is 1. The molecule has 0 saturated heterocycles. The average molecular weight is 353 g/mol. The molecule has 118 valence electrons. The fraction of sp³-hybridized carbons (Fsp3) is 0.0625. The molecule has 6 nitrogen and oxygen atoms in total. The normalized spacial score (nSPS) is 10.1. The zero-order valence-corrected chi connectivity index (χ0v) is 14.0. The number of aromatic nitrogens is 3. The molecule has 0 atom stereocenters. The minimum atomic E-state index is -0.310. The quantitative estimate of drug-likeness (QED) is 0.559. The van der Waals surface area contributed by atoms with Crippen molar-refractivity contribution in [3.63, 3.8) is 0 Å². The summed E-state index contributed by atoms with van der Waals surface area (Å²) in [4.78, 5) is 16.0. The van der Waals surface area contributed by atoms with Crippen molar-refractivity contribution >= 4 is 34.1 Å². The van der Waals surface area contributed by atoms with Gasteiger partial charge in [0.05, 0.1) is 11.6 Å². The molecular formula is C16H11N5OS2. The molecule has 1 aromatic carbocycles. The molecule has 0 unspecified atom stereocenters. The summed E-state index contributed by atoms with van der Waals surface area (Å²) in [5, 5.41) is 19.9. The minimum Gasteiger partial charge on any atom is -0.295 e. The first-order valence-corrected chi connectivity index (χ1v) is 8.72. The molecule has 0 saturated carbocycles. The van der Waals surface area contributed by atoms with Crippen molar-refractivity contribution in [2.75, 3.05) is 5.32 Å². The lowest BCUT2D eigenvalue weighted by molar-refractivity contribution is 0.102. The highest BCUT2D eigenvalue weighted by atomic mass is 32.2. The Bertz CT molecular complexity index is 871. The third-order valence-electron chi connectivity index (χ3n) is 2.97. The van der Waals surface area contributed by atoms with Gasteiger partial charge in [0, 0.05) is 11.9 Å². The zero-order chi connectivity index (χ0) is 16.8. The molecule has 8 heteroatoms. The Balaban J connectivity index is 1.57. The fourth-order valence-electron chi connectivity index (χ4n) is 1.80. The van der Waals surface area contributed by atoms with Gasteiger partial charge in [-0.05, 0) is 29.8 Å². The topological polar surface area (TPSA) is 91.6 Å². The lowest BCUT2D eigenvalue weighted by Crippen LogP contribution is -2.13. The van der Waals surface area contributed by atoms with Crippen LogP contribution in [0.2, 0.25) is 0 Å². The fourth-order valence-corrected chi connectivity index (χ4v) is 3.50. The standard InChI is InChI=1S/C16H11N5OS2/c17-9-11-4-6-12(7-5-11)10-23-16-21-20-15(24-16)19-14(22)13-3-1-2-8-18-13/h1-8H,10H2,(H,19,20,22). The zero-order valence-electron chi connectivity index (χ0n) is 12.3. The Morgan fingerprint density at radius 2 is 2.04 bits per heavy atom. The molecule has 24 heavy (non-hydrogen) atoms. The summed E-state index contributed by atoms with van der Waals surface area (Å²) in [7, 11) is 0. The first-order chi connectivity index (χ1) is 11.7. The van der Waals surface area contributed by atoms with E-state index in [-0.39, 0.29) is 5.91 Å². The number of nitrogens with zero attached hydrogens (tertiary/aromatic N) is 4. The first-order valence-electron chi connectivity index (χ1n) is 6.92. The van der Waals surface area contributed by atoms with Crippen LogP contribution >= 0.6 is 23.1 Å². The van der Waals surface area contributed by atoms with Crippen molar-refractivity contribution in [1.82, 2.24) is 15.2 Å². The van der Waals surface area contributed by atoms with Crippen molar-refractivity contribution in [2.45, 2.75) is 10.1 Å². The van der Waals surface area contributed by atoms with Crippen LogP contribution in [0.15, 0.2) is 53.0 Å². The lowest BCUT2D eigenvalue weighted by atomic mass is 10.2. The maximum absolute atomic E-state index is 12.0. The molecule has 0 fully saturated rings. The summed E-state index contributed by atoms with van der Waals surface area (Å²) in [6, 6.07) is 14.6. The number of rotatable bonds is 5. The smallest absolute Gasteiger partial charge is 0.276 e. The van der Waals surface area contributed by atoms with Crippen LogP contribution in [0.4, 0.5) is 5.13 Å². The first kappa shape index (κ1) is 16.1. The third-order valence-corrected chi connectivity index (χ3v) is 5.01. The van der Waals surface area contributed by atoms with Gasteiger partial charge < -0.3 is 0 Å². The van der Waals surface area contributed by atoms with Crippen LogP contribution < -0.4 is 5.32 Å². The molecule has 2 aromatic heterocycles. The van der Waals surface area contributed by atoms with E-state index in [1.54, 1.807) is 36.5 Å². The van der Waals surface area contributed by atoms with Gasteiger partial charge in [0.2, 0.25) is 5.13 Å². The summed E-state index contributed by atoms with van der Waals surface area (Å²) in [6.45, 7) is 0. The van der Waals surface area contributed by atoms with Crippen LogP contribution in [0.25, 0.3) is 0 Å². The van der Waals surface area contributed by atoms with E-state index in [1.807, 2.05) is 12.1 Å².